The van der Waals surface area contributed by atoms with Crippen molar-refractivity contribution in [3.05, 3.63) is 51.4 Å². The van der Waals surface area contributed by atoms with Gasteiger partial charge in [0.2, 0.25) is 0 Å². The average molecular weight is 371 g/mol. The highest BCUT2D eigenvalue weighted by molar-refractivity contribution is 7.17. The van der Waals surface area contributed by atoms with Gasteiger partial charge in [0.1, 0.15) is 5.00 Å². The zero-order valence-corrected chi connectivity index (χ0v) is 16.6. The van der Waals surface area contributed by atoms with E-state index in [1.807, 2.05) is 19.1 Å². The van der Waals surface area contributed by atoms with E-state index in [0.29, 0.717) is 22.0 Å². The second kappa shape index (κ2) is 6.88. The molecule has 0 fully saturated rings. The van der Waals surface area contributed by atoms with Gasteiger partial charge in [-0.15, -0.1) is 11.3 Å². The Morgan fingerprint density at radius 2 is 1.85 bits per heavy atom. The summed E-state index contributed by atoms with van der Waals surface area (Å²) in [5.41, 5.74) is 9.07. The van der Waals surface area contributed by atoms with E-state index in [2.05, 4.69) is 26.1 Å². The molecule has 0 unspecified atom stereocenters. The number of carbonyl (C=O) groups excluding carboxylic acids is 2. The van der Waals surface area contributed by atoms with Crippen LogP contribution in [0.25, 0.3) is 0 Å². The fourth-order valence-electron chi connectivity index (χ4n) is 3.55. The predicted octanol–water partition coefficient (Wildman–Crippen LogP) is 4.56. The normalized spacial score (nSPS) is 16.8. The van der Waals surface area contributed by atoms with E-state index in [1.54, 1.807) is 12.1 Å². The minimum atomic E-state index is -0.462. The van der Waals surface area contributed by atoms with Crippen LogP contribution in [0.15, 0.2) is 24.3 Å². The van der Waals surface area contributed by atoms with Gasteiger partial charge in [0.15, 0.2) is 0 Å². The maximum absolute atomic E-state index is 12.6. The van der Waals surface area contributed by atoms with Gasteiger partial charge in [-0.25, -0.2) is 0 Å². The number of benzene rings is 1. The minimum Gasteiger partial charge on any atom is -0.365 e. The van der Waals surface area contributed by atoms with Crippen molar-refractivity contribution in [3.63, 3.8) is 0 Å². The summed E-state index contributed by atoms with van der Waals surface area (Å²) in [7, 11) is 0. The summed E-state index contributed by atoms with van der Waals surface area (Å²) in [6.45, 7) is 8.74. The van der Waals surface area contributed by atoms with E-state index in [-0.39, 0.29) is 11.3 Å². The molecule has 3 N–H and O–H groups in total. The van der Waals surface area contributed by atoms with Crippen molar-refractivity contribution in [1.29, 1.82) is 0 Å². The van der Waals surface area contributed by atoms with Crippen LogP contribution in [0.4, 0.5) is 5.00 Å². The number of anilines is 1. The molecular weight excluding hydrogens is 344 g/mol. The van der Waals surface area contributed by atoms with Gasteiger partial charge in [-0.05, 0) is 55.2 Å². The topological polar surface area (TPSA) is 72.2 Å². The Balaban J connectivity index is 1.91. The second-order valence-corrected chi connectivity index (χ2v) is 9.30. The summed E-state index contributed by atoms with van der Waals surface area (Å²) >= 11 is 1.50. The van der Waals surface area contributed by atoms with Gasteiger partial charge >= 0.3 is 0 Å². The number of hydrogen-bond donors (Lipinski definition) is 2. The van der Waals surface area contributed by atoms with Crippen molar-refractivity contribution in [1.82, 2.24) is 0 Å². The van der Waals surface area contributed by atoms with Gasteiger partial charge in [-0.1, -0.05) is 38.5 Å². The van der Waals surface area contributed by atoms with Crippen molar-refractivity contribution in [2.75, 3.05) is 5.32 Å². The molecule has 0 aliphatic heterocycles. The van der Waals surface area contributed by atoms with Crippen molar-refractivity contribution < 1.29 is 9.59 Å². The monoisotopic (exact) mass is 370 g/mol. The van der Waals surface area contributed by atoms with Crippen LogP contribution < -0.4 is 11.1 Å². The number of carbonyl (C=O) groups is 2. The number of rotatable bonds is 3. The fraction of sp³-hybridized carbons (Fsp3) is 0.429. The van der Waals surface area contributed by atoms with Crippen LogP contribution in [0.5, 0.6) is 0 Å². The molecule has 1 heterocycles. The number of thiophene rings is 1. The number of aryl methyl sites for hydroxylation is 1. The van der Waals surface area contributed by atoms with Gasteiger partial charge in [0, 0.05) is 10.4 Å². The summed E-state index contributed by atoms with van der Waals surface area (Å²) in [4.78, 5) is 25.8. The standard InChI is InChI=1S/C21H26N2O2S/c1-12-5-7-13(8-6-12)19(25)23-20-17(18(22)24)15-10-9-14(21(2,3)4)11-16(15)26-20/h5-8,14H,9-11H2,1-4H3,(H2,22,24)(H,23,25)/t14-/m0/s1. The van der Waals surface area contributed by atoms with Crippen LogP contribution in [0.1, 0.15) is 63.9 Å². The molecule has 4 nitrogen and oxygen atoms in total. The second-order valence-electron chi connectivity index (χ2n) is 8.20. The first-order valence-electron chi connectivity index (χ1n) is 8.99. The minimum absolute atomic E-state index is 0.210. The van der Waals surface area contributed by atoms with Crippen molar-refractivity contribution in [3.8, 4) is 0 Å². The van der Waals surface area contributed by atoms with Crippen LogP contribution in [0, 0.1) is 18.3 Å². The molecule has 3 rings (SSSR count). The third kappa shape index (κ3) is 3.68. The van der Waals surface area contributed by atoms with Crippen LogP contribution >= 0.6 is 11.3 Å². The molecule has 0 spiro atoms. The lowest BCUT2D eigenvalue weighted by atomic mass is 9.72. The van der Waals surface area contributed by atoms with Gasteiger partial charge in [0.25, 0.3) is 11.8 Å². The lowest BCUT2D eigenvalue weighted by Gasteiger charge is -2.33. The molecule has 1 aromatic heterocycles. The van der Waals surface area contributed by atoms with Crippen LogP contribution in [0.3, 0.4) is 0 Å². The van der Waals surface area contributed by atoms with Gasteiger partial charge in [-0.2, -0.15) is 0 Å². The predicted molar refractivity (Wildman–Crippen MR) is 107 cm³/mol. The van der Waals surface area contributed by atoms with Crippen LogP contribution in [-0.2, 0) is 12.8 Å². The summed E-state index contributed by atoms with van der Waals surface area (Å²) in [6.07, 6.45) is 2.81. The number of amides is 2. The summed E-state index contributed by atoms with van der Waals surface area (Å²) in [5.74, 6) is -0.107. The first kappa shape index (κ1) is 18.6. The fourth-order valence-corrected chi connectivity index (χ4v) is 4.88. The molecule has 0 saturated carbocycles. The molecule has 1 atom stereocenters. The first-order valence-corrected chi connectivity index (χ1v) is 9.81. The van der Waals surface area contributed by atoms with Gasteiger partial charge in [-0.3, -0.25) is 9.59 Å². The molecule has 2 aromatic rings. The molecule has 0 bridgehead atoms. The number of nitrogens with one attached hydrogen (secondary N) is 1. The largest absolute Gasteiger partial charge is 0.365 e. The third-order valence-electron chi connectivity index (χ3n) is 5.28. The highest BCUT2D eigenvalue weighted by Crippen LogP contribution is 2.44. The molecule has 26 heavy (non-hydrogen) atoms. The number of fused-ring (bicyclic) bond motifs is 1. The first-order chi connectivity index (χ1) is 12.2. The zero-order valence-electron chi connectivity index (χ0n) is 15.8. The molecule has 5 heteroatoms. The molecule has 1 aliphatic rings. The lowest BCUT2D eigenvalue weighted by Crippen LogP contribution is -2.27. The Kier molecular flexibility index (Phi) is 4.93. The molecule has 2 amide bonds. The summed E-state index contributed by atoms with van der Waals surface area (Å²) in [5, 5.41) is 3.50. The SMILES string of the molecule is Cc1ccc(C(=O)Nc2sc3c(c2C(N)=O)CC[C@H](C(C)(C)C)C3)cc1. The van der Waals surface area contributed by atoms with Gasteiger partial charge < -0.3 is 11.1 Å². The molecule has 138 valence electrons. The lowest BCUT2D eigenvalue weighted by molar-refractivity contribution is 0.1000. The van der Waals surface area contributed by atoms with E-state index < -0.39 is 5.91 Å². The van der Waals surface area contributed by atoms with Crippen molar-refractivity contribution >= 4 is 28.2 Å². The van der Waals surface area contributed by atoms with E-state index in [4.69, 9.17) is 5.73 Å². The Labute approximate surface area is 158 Å². The van der Waals surface area contributed by atoms with Crippen molar-refractivity contribution in [2.24, 2.45) is 17.1 Å². The highest BCUT2D eigenvalue weighted by atomic mass is 32.1. The van der Waals surface area contributed by atoms with Crippen LogP contribution in [0.2, 0.25) is 0 Å². The molecule has 1 aliphatic carbocycles. The van der Waals surface area contributed by atoms with Crippen LogP contribution in [-0.4, -0.2) is 11.8 Å². The molecule has 1 aromatic carbocycles. The van der Waals surface area contributed by atoms with E-state index in [9.17, 15) is 9.59 Å². The smallest absolute Gasteiger partial charge is 0.256 e. The molecule has 0 radical (unpaired) electrons. The maximum atomic E-state index is 12.6. The number of primary amides is 1. The summed E-state index contributed by atoms with van der Waals surface area (Å²) in [6, 6.07) is 7.38. The van der Waals surface area contributed by atoms with Crippen molar-refractivity contribution in [2.45, 2.75) is 47.0 Å². The highest BCUT2D eigenvalue weighted by Gasteiger charge is 2.33. The number of nitrogens with two attached hydrogens (primary N) is 1. The zero-order chi connectivity index (χ0) is 19.1. The number of hydrogen-bond acceptors (Lipinski definition) is 3. The quantitative estimate of drug-likeness (QED) is 0.831. The maximum Gasteiger partial charge on any atom is 0.256 e. The molecular formula is C21H26N2O2S. The van der Waals surface area contributed by atoms with E-state index >= 15 is 0 Å². The third-order valence-corrected chi connectivity index (χ3v) is 6.45. The van der Waals surface area contributed by atoms with E-state index in [0.717, 1.165) is 30.4 Å². The van der Waals surface area contributed by atoms with Gasteiger partial charge in [0.05, 0.1) is 5.56 Å². The Morgan fingerprint density at radius 1 is 1.19 bits per heavy atom. The average Bonchev–Trinajstić information content (AvgIpc) is 2.91. The summed E-state index contributed by atoms with van der Waals surface area (Å²) < 4.78 is 0. The Morgan fingerprint density at radius 3 is 2.42 bits per heavy atom. The Hall–Kier alpha value is -2.14. The molecule has 0 saturated heterocycles. The van der Waals surface area contributed by atoms with E-state index in [1.165, 1.54) is 16.2 Å². The Bertz CT molecular complexity index is 844.